The number of rotatable bonds is 10. The van der Waals surface area contributed by atoms with E-state index in [1.165, 1.54) is 5.82 Å². The summed E-state index contributed by atoms with van der Waals surface area (Å²) in [7, 11) is -3.39. The van der Waals surface area contributed by atoms with E-state index in [-0.39, 0.29) is 12.2 Å². The molecule has 1 unspecified atom stereocenters. The summed E-state index contributed by atoms with van der Waals surface area (Å²) < 4.78 is 23.9. The third kappa shape index (κ3) is 7.72. The number of benzene rings is 2. The summed E-state index contributed by atoms with van der Waals surface area (Å²) in [5, 5.41) is 9.67. The van der Waals surface area contributed by atoms with Crippen LogP contribution in [-0.2, 0) is 13.6 Å². The van der Waals surface area contributed by atoms with Gasteiger partial charge in [-0.15, -0.1) is 0 Å². The van der Waals surface area contributed by atoms with Crippen molar-refractivity contribution in [1.82, 2.24) is 0 Å². The van der Waals surface area contributed by atoms with E-state index in [1.807, 2.05) is 60.7 Å². The van der Waals surface area contributed by atoms with Crippen molar-refractivity contribution >= 4 is 13.3 Å². The molecule has 0 spiro atoms. The highest BCUT2D eigenvalue weighted by Gasteiger charge is 2.24. The summed E-state index contributed by atoms with van der Waals surface area (Å²) in [5.74, 6) is 1.44. The van der Waals surface area contributed by atoms with Gasteiger partial charge in [-0.1, -0.05) is 66.7 Å². The molecule has 5 nitrogen and oxygen atoms in total. The minimum Gasteiger partial charge on any atom is -0.303 e. The second kappa shape index (κ2) is 11.6. The lowest BCUT2D eigenvalue weighted by atomic mass is 10.0. The SMILES string of the molecule is CC(C)OP(=O)(/C=C/CC(C#N)N=C(c1ccccc1)c1ccccc1)OC(C)C. The molecule has 2 rings (SSSR count). The molecule has 158 valence electrons. The predicted octanol–water partition coefficient (Wildman–Crippen LogP) is 6.36. The molecule has 0 aliphatic heterocycles. The Hall–Kier alpha value is -2.51. The van der Waals surface area contributed by atoms with Crippen LogP contribution in [0.2, 0.25) is 0 Å². The molecule has 0 aliphatic carbocycles. The summed E-state index contributed by atoms with van der Waals surface area (Å²) in [4.78, 5) is 4.71. The van der Waals surface area contributed by atoms with Crippen LogP contribution in [0.15, 0.2) is 77.5 Å². The van der Waals surface area contributed by atoms with Gasteiger partial charge in [0.1, 0.15) is 6.04 Å². The first-order valence-electron chi connectivity index (χ1n) is 10.1. The molecule has 30 heavy (non-hydrogen) atoms. The molecule has 0 aromatic heterocycles. The van der Waals surface area contributed by atoms with Crippen LogP contribution < -0.4 is 0 Å². The molecule has 0 saturated heterocycles. The Morgan fingerprint density at radius 1 is 0.967 bits per heavy atom. The quantitative estimate of drug-likeness (QED) is 0.328. The molecule has 1 atom stereocenters. The number of nitrogens with zero attached hydrogens (tertiary/aromatic N) is 2. The lowest BCUT2D eigenvalue weighted by Gasteiger charge is -2.19. The molecule has 0 saturated carbocycles. The van der Waals surface area contributed by atoms with Crippen molar-refractivity contribution < 1.29 is 13.6 Å². The Bertz CT molecular complexity index is 876. The van der Waals surface area contributed by atoms with Gasteiger partial charge in [0.25, 0.3) is 0 Å². The van der Waals surface area contributed by atoms with Gasteiger partial charge in [-0.05, 0) is 27.7 Å². The van der Waals surface area contributed by atoms with Gasteiger partial charge >= 0.3 is 7.60 Å². The van der Waals surface area contributed by atoms with E-state index in [9.17, 15) is 9.83 Å². The normalized spacial score (nSPS) is 12.8. The Kier molecular flexibility index (Phi) is 9.20. The summed E-state index contributed by atoms with van der Waals surface area (Å²) in [6.07, 6.45) is 1.47. The van der Waals surface area contributed by atoms with Gasteiger partial charge in [0.05, 0.1) is 24.0 Å². The summed E-state index contributed by atoms with van der Waals surface area (Å²) >= 11 is 0. The maximum absolute atomic E-state index is 12.9. The molecule has 0 fully saturated rings. The smallest absolute Gasteiger partial charge is 0.303 e. The molecule has 0 heterocycles. The van der Waals surface area contributed by atoms with E-state index in [0.717, 1.165) is 16.8 Å². The van der Waals surface area contributed by atoms with E-state index < -0.39 is 13.6 Å². The molecule has 0 amide bonds. The van der Waals surface area contributed by atoms with Crippen LogP contribution in [0.5, 0.6) is 0 Å². The topological polar surface area (TPSA) is 71.7 Å². The van der Waals surface area contributed by atoms with Gasteiger partial charge in [0, 0.05) is 23.4 Å². The Balaban J connectivity index is 2.28. The second-order valence-electron chi connectivity index (χ2n) is 7.32. The van der Waals surface area contributed by atoms with Crippen molar-refractivity contribution in [1.29, 1.82) is 5.26 Å². The van der Waals surface area contributed by atoms with Crippen molar-refractivity contribution in [3.63, 3.8) is 0 Å². The van der Waals surface area contributed by atoms with Gasteiger partial charge in [-0.3, -0.25) is 9.56 Å². The fourth-order valence-corrected chi connectivity index (χ4v) is 4.55. The lowest BCUT2D eigenvalue weighted by Crippen LogP contribution is -2.10. The van der Waals surface area contributed by atoms with E-state index in [1.54, 1.807) is 33.8 Å². The van der Waals surface area contributed by atoms with Crippen LogP contribution in [0.4, 0.5) is 0 Å². The monoisotopic (exact) mass is 424 g/mol. The zero-order valence-corrected chi connectivity index (χ0v) is 18.8. The molecule has 0 bridgehead atoms. The Morgan fingerprint density at radius 2 is 1.43 bits per heavy atom. The fraction of sp³-hybridized carbons (Fsp3) is 0.333. The molecule has 0 N–H and O–H groups in total. The zero-order valence-electron chi connectivity index (χ0n) is 17.9. The molecule has 0 aliphatic rings. The van der Waals surface area contributed by atoms with Gasteiger partial charge in [-0.2, -0.15) is 5.26 Å². The average Bonchev–Trinajstić information content (AvgIpc) is 2.70. The van der Waals surface area contributed by atoms with Crippen molar-refractivity contribution in [2.45, 2.75) is 52.4 Å². The predicted molar refractivity (Wildman–Crippen MR) is 122 cm³/mol. The molecule has 6 heteroatoms. The highest BCUT2D eigenvalue weighted by atomic mass is 31.2. The maximum atomic E-state index is 12.9. The third-order valence-electron chi connectivity index (χ3n) is 3.89. The van der Waals surface area contributed by atoms with E-state index in [0.29, 0.717) is 6.42 Å². The summed E-state index contributed by atoms with van der Waals surface area (Å²) in [6, 6.07) is 21.1. The van der Waals surface area contributed by atoms with Crippen LogP contribution in [0, 0.1) is 11.3 Å². The van der Waals surface area contributed by atoms with Crippen LogP contribution in [-0.4, -0.2) is 24.0 Å². The lowest BCUT2D eigenvalue weighted by molar-refractivity contribution is 0.149. The van der Waals surface area contributed by atoms with E-state index >= 15 is 0 Å². The fourth-order valence-electron chi connectivity index (χ4n) is 2.80. The second-order valence-corrected chi connectivity index (χ2v) is 9.12. The van der Waals surface area contributed by atoms with Gasteiger partial charge in [0.15, 0.2) is 0 Å². The third-order valence-corrected chi connectivity index (χ3v) is 5.90. The van der Waals surface area contributed by atoms with Gasteiger partial charge in [0.2, 0.25) is 0 Å². The molecular weight excluding hydrogens is 395 g/mol. The van der Waals surface area contributed by atoms with Crippen LogP contribution >= 0.6 is 7.60 Å². The minimum atomic E-state index is -3.39. The molecular formula is C24H29N2O3P. The first kappa shape index (κ1) is 23.8. The van der Waals surface area contributed by atoms with Crippen LogP contribution in [0.1, 0.15) is 45.2 Å². The number of hydrogen-bond donors (Lipinski definition) is 0. The van der Waals surface area contributed by atoms with Gasteiger partial charge in [-0.25, -0.2) is 0 Å². The zero-order chi connectivity index (χ0) is 22.0. The minimum absolute atomic E-state index is 0.244. The Morgan fingerprint density at radius 3 is 1.83 bits per heavy atom. The highest BCUT2D eigenvalue weighted by molar-refractivity contribution is 7.57. The van der Waals surface area contributed by atoms with Crippen LogP contribution in [0.25, 0.3) is 0 Å². The Labute approximate surface area is 179 Å². The van der Waals surface area contributed by atoms with Crippen molar-refractivity contribution in [2.75, 3.05) is 0 Å². The molecule has 0 radical (unpaired) electrons. The van der Waals surface area contributed by atoms with E-state index in [4.69, 9.17) is 14.0 Å². The largest absolute Gasteiger partial charge is 0.354 e. The van der Waals surface area contributed by atoms with Crippen molar-refractivity contribution in [2.24, 2.45) is 4.99 Å². The number of aliphatic imine (C=N–C) groups is 1. The first-order valence-corrected chi connectivity index (χ1v) is 11.7. The average molecular weight is 424 g/mol. The standard InChI is InChI=1S/C24H29N2O3P/c1-19(2)28-30(27,29-20(3)4)17-11-16-23(18-25)26-24(21-12-7-5-8-13-21)22-14-9-6-10-15-22/h5-15,17,19-20,23H,16H2,1-4H3/b17-11+. The van der Waals surface area contributed by atoms with Crippen molar-refractivity contribution in [3.05, 3.63) is 83.7 Å². The maximum Gasteiger partial charge on any atom is 0.354 e. The van der Waals surface area contributed by atoms with Crippen LogP contribution in [0.3, 0.4) is 0 Å². The molecule has 2 aromatic carbocycles. The first-order chi connectivity index (χ1) is 14.3. The summed E-state index contributed by atoms with van der Waals surface area (Å²) in [6.45, 7) is 7.22. The number of nitriles is 1. The number of hydrogen-bond acceptors (Lipinski definition) is 5. The highest BCUT2D eigenvalue weighted by Crippen LogP contribution is 2.52. The van der Waals surface area contributed by atoms with E-state index in [2.05, 4.69) is 6.07 Å². The van der Waals surface area contributed by atoms with Crippen molar-refractivity contribution in [3.8, 4) is 6.07 Å². The molecule has 2 aromatic rings. The summed E-state index contributed by atoms with van der Waals surface area (Å²) in [5.41, 5.74) is 2.62. The van der Waals surface area contributed by atoms with Gasteiger partial charge < -0.3 is 9.05 Å².